The van der Waals surface area contributed by atoms with E-state index in [0.717, 1.165) is 18.0 Å². The molecule has 2 N–H and O–H groups in total. The molecule has 0 amide bonds. The molecule has 1 aliphatic rings. The molecule has 0 aromatic carbocycles. The Kier molecular flexibility index (Phi) is 3.96. The van der Waals surface area contributed by atoms with Crippen LogP contribution in [0.2, 0.25) is 0 Å². The molecule has 2 rings (SSSR count). The third kappa shape index (κ3) is 3.34. The number of nitrogen functional groups attached to an aromatic ring is 1. The Morgan fingerprint density at radius 3 is 3.00 bits per heavy atom. The fourth-order valence-electron chi connectivity index (χ4n) is 1.79. The number of nitrogens with two attached hydrogens (primary N) is 1. The van der Waals surface area contributed by atoms with Crippen LogP contribution in [0.5, 0.6) is 0 Å². The number of hydrogen-bond acceptors (Lipinski definition) is 7. The van der Waals surface area contributed by atoms with E-state index >= 15 is 0 Å². The van der Waals surface area contributed by atoms with Gasteiger partial charge in [-0.15, -0.1) is 11.3 Å². The van der Waals surface area contributed by atoms with Gasteiger partial charge in [-0.05, 0) is 0 Å². The minimum absolute atomic E-state index is 0.399. The topological polar surface area (TPSA) is 76.3 Å². The van der Waals surface area contributed by atoms with Crippen LogP contribution in [0.15, 0.2) is 5.38 Å². The van der Waals surface area contributed by atoms with Gasteiger partial charge in [0.1, 0.15) is 5.37 Å². The third-order valence-corrected chi connectivity index (χ3v) is 6.03. The first-order chi connectivity index (χ1) is 7.97. The standard InChI is InChI=1S/C9H15N3O2S3/c1-17(13,14)8-6-15-3-2-12(8)4-7-5-16-9(10)11-7/h5,8H,2-4,6H2,1H3,(H2,10,11). The van der Waals surface area contributed by atoms with Crippen molar-refractivity contribution >= 4 is 38.1 Å². The first-order valence-corrected chi connectivity index (χ1v) is 9.16. The second-order valence-electron chi connectivity index (χ2n) is 4.01. The van der Waals surface area contributed by atoms with Crippen LogP contribution < -0.4 is 5.73 Å². The van der Waals surface area contributed by atoms with E-state index in [1.54, 1.807) is 11.8 Å². The van der Waals surface area contributed by atoms with Crippen molar-refractivity contribution in [2.75, 3.05) is 30.0 Å². The molecule has 1 unspecified atom stereocenters. The van der Waals surface area contributed by atoms with Gasteiger partial charge in [-0.25, -0.2) is 13.4 Å². The van der Waals surface area contributed by atoms with Crippen molar-refractivity contribution in [2.45, 2.75) is 11.9 Å². The normalized spacial score (nSPS) is 22.8. The van der Waals surface area contributed by atoms with Gasteiger partial charge in [0, 0.05) is 36.2 Å². The Labute approximate surface area is 109 Å². The van der Waals surface area contributed by atoms with Gasteiger partial charge in [0.2, 0.25) is 0 Å². The SMILES string of the molecule is CS(=O)(=O)C1CSCCN1Cc1csc(N)n1. The highest BCUT2D eigenvalue weighted by Crippen LogP contribution is 2.23. The van der Waals surface area contributed by atoms with Gasteiger partial charge in [0.15, 0.2) is 15.0 Å². The fourth-order valence-corrected chi connectivity index (χ4v) is 5.29. The van der Waals surface area contributed by atoms with Gasteiger partial charge in [-0.1, -0.05) is 0 Å². The number of sulfone groups is 1. The molecule has 0 spiro atoms. The highest BCUT2D eigenvalue weighted by molar-refractivity contribution is 8.00. The average Bonchev–Trinajstić information content (AvgIpc) is 2.63. The molecule has 1 aliphatic heterocycles. The van der Waals surface area contributed by atoms with Gasteiger partial charge in [-0.3, -0.25) is 4.90 Å². The average molecular weight is 293 g/mol. The summed E-state index contributed by atoms with van der Waals surface area (Å²) in [5.74, 6) is 1.60. The molecule has 17 heavy (non-hydrogen) atoms. The van der Waals surface area contributed by atoms with E-state index in [9.17, 15) is 8.42 Å². The third-order valence-electron chi connectivity index (χ3n) is 2.62. The lowest BCUT2D eigenvalue weighted by Crippen LogP contribution is -2.46. The zero-order valence-electron chi connectivity index (χ0n) is 9.50. The summed E-state index contributed by atoms with van der Waals surface area (Å²) in [5.41, 5.74) is 6.43. The van der Waals surface area contributed by atoms with E-state index in [1.165, 1.54) is 17.6 Å². The molecule has 0 radical (unpaired) electrons. The zero-order valence-corrected chi connectivity index (χ0v) is 11.9. The Bertz CT molecular complexity index is 485. The van der Waals surface area contributed by atoms with Crippen molar-refractivity contribution in [3.63, 3.8) is 0 Å². The van der Waals surface area contributed by atoms with Gasteiger partial charge in [-0.2, -0.15) is 11.8 Å². The van der Waals surface area contributed by atoms with Crippen LogP contribution in [0.25, 0.3) is 0 Å². The first-order valence-electron chi connectivity index (χ1n) is 5.17. The highest BCUT2D eigenvalue weighted by atomic mass is 32.2. The molecule has 0 bridgehead atoms. The van der Waals surface area contributed by atoms with Crippen LogP contribution in [0.3, 0.4) is 0 Å². The summed E-state index contributed by atoms with van der Waals surface area (Å²) in [6.45, 7) is 1.34. The monoisotopic (exact) mass is 293 g/mol. The molecular formula is C9H15N3O2S3. The van der Waals surface area contributed by atoms with Crippen molar-refractivity contribution in [1.82, 2.24) is 9.88 Å². The summed E-state index contributed by atoms with van der Waals surface area (Å²) < 4.78 is 23.4. The molecule has 1 saturated heterocycles. The molecule has 8 heteroatoms. The van der Waals surface area contributed by atoms with Crippen molar-refractivity contribution < 1.29 is 8.42 Å². The fraction of sp³-hybridized carbons (Fsp3) is 0.667. The molecule has 96 valence electrons. The van der Waals surface area contributed by atoms with Gasteiger partial charge in [0.25, 0.3) is 0 Å². The maximum Gasteiger partial charge on any atom is 0.180 e. The second-order valence-corrected chi connectivity index (χ2v) is 8.25. The minimum Gasteiger partial charge on any atom is -0.375 e. The summed E-state index contributed by atoms with van der Waals surface area (Å²) >= 11 is 3.07. The maximum atomic E-state index is 11.7. The quantitative estimate of drug-likeness (QED) is 0.881. The summed E-state index contributed by atoms with van der Waals surface area (Å²) in [7, 11) is -3.04. The van der Waals surface area contributed by atoms with E-state index in [2.05, 4.69) is 4.98 Å². The number of aromatic nitrogens is 1. The van der Waals surface area contributed by atoms with E-state index in [0.29, 0.717) is 17.4 Å². The Balaban J connectivity index is 2.12. The van der Waals surface area contributed by atoms with E-state index in [1.807, 2.05) is 10.3 Å². The number of thioether (sulfide) groups is 1. The van der Waals surface area contributed by atoms with Crippen molar-refractivity contribution in [1.29, 1.82) is 0 Å². The van der Waals surface area contributed by atoms with Crippen molar-refractivity contribution in [3.8, 4) is 0 Å². The molecule has 0 aliphatic carbocycles. The summed E-state index contributed by atoms with van der Waals surface area (Å²) in [4.78, 5) is 6.15. The molecule has 5 nitrogen and oxygen atoms in total. The number of thiazole rings is 1. The van der Waals surface area contributed by atoms with Crippen LogP contribution in [0.4, 0.5) is 5.13 Å². The largest absolute Gasteiger partial charge is 0.375 e. The zero-order chi connectivity index (χ0) is 12.5. The predicted octanol–water partition coefficient (Wildman–Crippen LogP) is 0.645. The lowest BCUT2D eigenvalue weighted by molar-refractivity contribution is 0.260. The number of anilines is 1. The summed E-state index contributed by atoms with van der Waals surface area (Å²) in [5, 5.41) is 2.02. The number of nitrogens with zero attached hydrogens (tertiary/aromatic N) is 2. The van der Waals surface area contributed by atoms with Gasteiger partial charge >= 0.3 is 0 Å². The van der Waals surface area contributed by atoms with Gasteiger partial charge in [0.05, 0.1) is 5.69 Å². The lowest BCUT2D eigenvalue weighted by atomic mass is 10.4. The predicted molar refractivity (Wildman–Crippen MR) is 72.9 cm³/mol. The summed E-state index contributed by atoms with van der Waals surface area (Å²) in [6.07, 6.45) is 1.30. The van der Waals surface area contributed by atoms with E-state index in [4.69, 9.17) is 5.73 Å². The van der Waals surface area contributed by atoms with Crippen molar-refractivity contribution in [2.24, 2.45) is 0 Å². The second kappa shape index (κ2) is 5.13. The van der Waals surface area contributed by atoms with E-state index in [-0.39, 0.29) is 0 Å². The molecule has 0 saturated carbocycles. The van der Waals surface area contributed by atoms with Crippen LogP contribution in [-0.2, 0) is 16.4 Å². The lowest BCUT2D eigenvalue weighted by Gasteiger charge is -2.33. The molecule has 1 atom stereocenters. The van der Waals surface area contributed by atoms with Gasteiger partial charge < -0.3 is 5.73 Å². The summed E-state index contributed by atoms with van der Waals surface area (Å²) in [6, 6.07) is 0. The molecule has 1 fully saturated rings. The Hall–Kier alpha value is -0.310. The van der Waals surface area contributed by atoms with Crippen LogP contribution in [0, 0.1) is 0 Å². The number of rotatable bonds is 3. The minimum atomic E-state index is -3.04. The van der Waals surface area contributed by atoms with E-state index < -0.39 is 15.2 Å². The smallest absolute Gasteiger partial charge is 0.180 e. The Morgan fingerprint density at radius 1 is 1.65 bits per heavy atom. The first kappa shape index (κ1) is 13.1. The molecule has 2 heterocycles. The number of hydrogen-bond donors (Lipinski definition) is 1. The molecule has 1 aromatic rings. The molecular weight excluding hydrogens is 278 g/mol. The maximum absolute atomic E-state index is 11.7. The highest BCUT2D eigenvalue weighted by Gasteiger charge is 2.31. The van der Waals surface area contributed by atoms with Crippen LogP contribution in [-0.4, -0.2) is 48.0 Å². The Morgan fingerprint density at radius 2 is 2.41 bits per heavy atom. The van der Waals surface area contributed by atoms with Crippen molar-refractivity contribution in [3.05, 3.63) is 11.1 Å². The van der Waals surface area contributed by atoms with Crippen LogP contribution in [0.1, 0.15) is 5.69 Å². The van der Waals surface area contributed by atoms with Crippen LogP contribution >= 0.6 is 23.1 Å². The molecule has 1 aromatic heterocycles.